The lowest BCUT2D eigenvalue weighted by molar-refractivity contribution is -0.0147. The summed E-state index contributed by atoms with van der Waals surface area (Å²) in [5.74, 6) is 0. The lowest BCUT2D eigenvalue weighted by atomic mass is 9.91. The number of rotatable bonds is 3. The third kappa shape index (κ3) is 3.08. The fourth-order valence-corrected chi connectivity index (χ4v) is 3.88. The highest BCUT2D eigenvalue weighted by molar-refractivity contribution is 5.85. The van der Waals surface area contributed by atoms with Crippen LogP contribution in [0.1, 0.15) is 38.3 Å². The van der Waals surface area contributed by atoms with E-state index in [9.17, 15) is 5.11 Å². The Balaban J connectivity index is 1.68. The molecule has 0 bridgehead atoms. The highest BCUT2D eigenvalue weighted by Crippen LogP contribution is 2.33. The molecule has 25 heavy (non-hydrogen) atoms. The number of pyridine rings is 1. The molecule has 0 amide bonds. The zero-order valence-electron chi connectivity index (χ0n) is 14.9. The minimum absolute atomic E-state index is 0.341. The maximum atomic E-state index is 10.2. The van der Waals surface area contributed by atoms with Gasteiger partial charge in [-0.25, -0.2) is 0 Å². The largest absolute Gasteiger partial charge is 0.390 e. The summed E-state index contributed by atoms with van der Waals surface area (Å²) in [4.78, 5) is 6.60. The number of nitrogens with zero attached hydrogens (tertiary/aromatic N) is 3. The third-order valence-corrected chi connectivity index (χ3v) is 5.58. The zero-order valence-corrected chi connectivity index (χ0v) is 14.9. The topological polar surface area (TPSA) is 41.3 Å². The van der Waals surface area contributed by atoms with Gasteiger partial charge < -0.3 is 9.67 Å². The molecule has 2 aromatic heterocycles. The number of fused-ring (bicyclic) bond motifs is 1. The first-order valence-electron chi connectivity index (χ1n) is 9.02. The molecular weight excluding hydrogens is 310 g/mol. The van der Waals surface area contributed by atoms with Gasteiger partial charge in [0.2, 0.25) is 0 Å². The van der Waals surface area contributed by atoms with Gasteiger partial charge in [-0.3, -0.25) is 9.88 Å². The minimum Gasteiger partial charge on any atom is -0.390 e. The van der Waals surface area contributed by atoms with Crippen LogP contribution in [0.25, 0.3) is 16.6 Å². The summed E-state index contributed by atoms with van der Waals surface area (Å²) in [7, 11) is 0. The summed E-state index contributed by atoms with van der Waals surface area (Å²) in [5, 5.41) is 11.5. The van der Waals surface area contributed by atoms with E-state index < -0.39 is 5.60 Å². The van der Waals surface area contributed by atoms with Crippen LogP contribution in [0.5, 0.6) is 0 Å². The Morgan fingerprint density at radius 1 is 1.08 bits per heavy atom. The smallest absolute Gasteiger partial charge is 0.0644 e. The van der Waals surface area contributed by atoms with Gasteiger partial charge in [0.15, 0.2) is 0 Å². The molecular formula is C21H25N3O. The van der Waals surface area contributed by atoms with Crippen molar-refractivity contribution in [3.63, 3.8) is 0 Å². The van der Waals surface area contributed by atoms with Gasteiger partial charge in [-0.1, -0.05) is 12.1 Å². The average Bonchev–Trinajstić information content (AvgIpc) is 3.06. The number of aliphatic hydroxyl groups is 1. The summed E-state index contributed by atoms with van der Waals surface area (Å²) in [5.41, 5.74) is 3.20. The van der Waals surface area contributed by atoms with Crippen LogP contribution in [0.4, 0.5) is 0 Å². The van der Waals surface area contributed by atoms with Crippen molar-refractivity contribution in [2.75, 3.05) is 13.1 Å². The predicted molar refractivity (Wildman–Crippen MR) is 101 cm³/mol. The van der Waals surface area contributed by atoms with Gasteiger partial charge in [0.1, 0.15) is 0 Å². The number of hydrogen-bond donors (Lipinski definition) is 1. The van der Waals surface area contributed by atoms with E-state index in [0.29, 0.717) is 6.04 Å². The number of likely N-dealkylation sites (tertiary alicyclic amines) is 1. The van der Waals surface area contributed by atoms with Gasteiger partial charge in [-0.15, -0.1) is 0 Å². The van der Waals surface area contributed by atoms with Crippen molar-refractivity contribution in [2.24, 2.45) is 0 Å². The normalized spacial score (nSPS) is 19.2. The van der Waals surface area contributed by atoms with Gasteiger partial charge in [0.25, 0.3) is 0 Å². The lowest BCUT2D eigenvalue weighted by Crippen LogP contribution is -2.43. The van der Waals surface area contributed by atoms with Gasteiger partial charge in [0.05, 0.1) is 11.1 Å². The fourth-order valence-electron chi connectivity index (χ4n) is 3.88. The Morgan fingerprint density at radius 2 is 1.80 bits per heavy atom. The number of hydrogen-bond acceptors (Lipinski definition) is 3. The number of benzene rings is 1. The van der Waals surface area contributed by atoms with E-state index in [4.69, 9.17) is 0 Å². The third-order valence-electron chi connectivity index (χ3n) is 5.58. The maximum Gasteiger partial charge on any atom is 0.0644 e. The highest BCUT2D eigenvalue weighted by atomic mass is 16.3. The summed E-state index contributed by atoms with van der Waals surface area (Å²) < 4.78 is 2.22. The molecule has 4 rings (SSSR count). The molecule has 0 aliphatic carbocycles. The van der Waals surface area contributed by atoms with E-state index in [1.165, 1.54) is 16.5 Å². The Kier molecular flexibility index (Phi) is 4.10. The van der Waals surface area contributed by atoms with E-state index in [2.05, 4.69) is 51.8 Å². The maximum absolute atomic E-state index is 10.2. The zero-order chi connectivity index (χ0) is 17.4. The molecule has 0 spiro atoms. The molecule has 1 atom stereocenters. The molecule has 1 unspecified atom stereocenters. The molecule has 1 aliphatic heterocycles. The average molecular weight is 335 g/mol. The summed E-state index contributed by atoms with van der Waals surface area (Å²) >= 11 is 0. The van der Waals surface area contributed by atoms with E-state index in [1.807, 2.05) is 31.5 Å². The molecule has 0 radical (unpaired) electrons. The Morgan fingerprint density at radius 3 is 2.52 bits per heavy atom. The quantitative estimate of drug-likeness (QED) is 0.788. The van der Waals surface area contributed by atoms with Crippen molar-refractivity contribution in [3.8, 4) is 5.69 Å². The van der Waals surface area contributed by atoms with Crippen molar-refractivity contribution in [3.05, 3.63) is 60.6 Å². The number of aromatic nitrogens is 2. The van der Waals surface area contributed by atoms with Crippen molar-refractivity contribution < 1.29 is 5.11 Å². The van der Waals surface area contributed by atoms with Crippen LogP contribution in [0.2, 0.25) is 0 Å². The molecule has 1 fully saturated rings. The van der Waals surface area contributed by atoms with Crippen LogP contribution in [-0.2, 0) is 0 Å². The fraction of sp³-hybridized carbons (Fsp3) is 0.381. The highest BCUT2D eigenvalue weighted by Gasteiger charge is 2.30. The summed E-state index contributed by atoms with van der Waals surface area (Å²) in [6.45, 7) is 6.11. The Labute approximate surface area is 148 Å². The minimum atomic E-state index is -0.507. The van der Waals surface area contributed by atoms with Crippen LogP contribution >= 0.6 is 0 Å². The second-order valence-corrected chi connectivity index (χ2v) is 7.38. The van der Waals surface area contributed by atoms with Crippen LogP contribution in [-0.4, -0.2) is 38.2 Å². The molecule has 3 aromatic rings. The SMILES string of the molecule is CC(c1cccc2c1ccn2-c1ccncc1)N1CCC(C)(O)CC1. The molecule has 1 aliphatic rings. The van der Waals surface area contributed by atoms with Crippen LogP contribution in [0.15, 0.2) is 55.0 Å². The molecule has 130 valence electrons. The summed E-state index contributed by atoms with van der Waals surface area (Å²) in [6, 6.07) is 13.2. The van der Waals surface area contributed by atoms with E-state index in [1.54, 1.807) is 0 Å². The molecule has 4 nitrogen and oxygen atoms in total. The van der Waals surface area contributed by atoms with E-state index >= 15 is 0 Å². The Hall–Kier alpha value is -2.17. The van der Waals surface area contributed by atoms with Gasteiger partial charge in [-0.2, -0.15) is 0 Å². The Bertz CT molecular complexity index is 859. The van der Waals surface area contributed by atoms with Crippen molar-refractivity contribution in [1.82, 2.24) is 14.5 Å². The summed E-state index contributed by atoms with van der Waals surface area (Å²) in [6.07, 6.45) is 7.47. The first kappa shape index (κ1) is 16.3. The van der Waals surface area contributed by atoms with Gasteiger partial charge >= 0.3 is 0 Å². The van der Waals surface area contributed by atoms with Crippen LogP contribution in [0, 0.1) is 0 Å². The second kappa shape index (κ2) is 6.28. The van der Waals surface area contributed by atoms with Crippen molar-refractivity contribution >= 4 is 10.9 Å². The second-order valence-electron chi connectivity index (χ2n) is 7.38. The molecule has 0 saturated carbocycles. The monoisotopic (exact) mass is 335 g/mol. The standard InChI is InChI=1S/C21H25N3O/c1-16(23-14-9-21(2,25)10-15-23)18-4-3-5-20-19(18)8-13-24(20)17-6-11-22-12-7-17/h3-8,11-13,16,25H,9-10,14-15H2,1-2H3. The van der Waals surface area contributed by atoms with Gasteiger partial charge in [-0.05, 0) is 56.5 Å². The molecule has 1 aromatic carbocycles. The van der Waals surface area contributed by atoms with E-state index in [-0.39, 0.29) is 0 Å². The van der Waals surface area contributed by atoms with Crippen LogP contribution < -0.4 is 0 Å². The van der Waals surface area contributed by atoms with Crippen molar-refractivity contribution in [1.29, 1.82) is 0 Å². The molecule has 4 heteroatoms. The number of piperidine rings is 1. The first-order valence-corrected chi connectivity index (χ1v) is 9.02. The van der Waals surface area contributed by atoms with Crippen molar-refractivity contribution in [2.45, 2.75) is 38.3 Å². The molecule has 1 N–H and O–H groups in total. The molecule has 1 saturated heterocycles. The van der Waals surface area contributed by atoms with Crippen LogP contribution in [0.3, 0.4) is 0 Å². The van der Waals surface area contributed by atoms with Gasteiger partial charge in [0, 0.05) is 48.8 Å². The lowest BCUT2D eigenvalue weighted by Gasteiger charge is -2.39. The predicted octanol–water partition coefficient (Wildman–Crippen LogP) is 3.93. The van der Waals surface area contributed by atoms with E-state index in [0.717, 1.165) is 31.6 Å². The molecule has 3 heterocycles. The first-order chi connectivity index (χ1) is 12.1.